The number of esters is 1. The Labute approximate surface area is 259 Å². The van der Waals surface area contributed by atoms with Crippen molar-refractivity contribution in [1.82, 2.24) is 5.32 Å². The molecule has 5 rings (SSSR count). The number of anilines is 1. The summed E-state index contributed by atoms with van der Waals surface area (Å²) in [6, 6.07) is 25.4. The van der Waals surface area contributed by atoms with Crippen molar-refractivity contribution < 1.29 is 33.4 Å². The van der Waals surface area contributed by atoms with E-state index in [1.807, 2.05) is 48.5 Å². The second-order valence-electron chi connectivity index (χ2n) is 10.0. The van der Waals surface area contributed by atoms with Gasteiger partial charge < -0.3 is 24.8 Å². The largest absolute Gasteiger partial charge is 0.497 e. The lowest BCUT2D eigenvalue weighted by atomic mass is 9.98. The van der Waals surface area contributed by atoms with Crippen molar-refractivity contribution in [2.24, 2.45) is 0 Å². The van der Waals surface area contributed by atoms with Gasteiger partial charge in [-0.15, -0.1) is 0 Å². The summed E-state index contributed by atoms with van der Waals surface area (Å²) in [5.41, 5.74) is 4.94. The van der Waals surface area contributed by atoms with Crippen LogP contribution in [0.2, 0.25) is 5.02 Å². The minimum absolute atomic E-state index is 0.0297. The molecule has 44 heavy (non-hydrogen) atoms. The number of amides is 2. The first-order chi connectivity index (χ1) is 21.3. The van der Waals surface area contributed by atoms with Crippen molar-refractivity contribution in [3.05, 3.63) is 118 Å². The molecule has 4 aromatic carbocycles. The topological polar surface area (TPSA) is 120 Å². The van der Waals surface area contributed by atoms with Gasteiger partial charge in [0.15, 0.2) is 5.78 Å². The van der Waals surface area contributed by atoms with Crippen LogP contribution in [0.15, 0.2) is 91.0 Å². The molecule has 1 atom stereocenters. The van der Waals surface area contributed by atoms with Crippen molar-refractivity contribution in [2.75, 3.05) is 26.1 Å². The predicted molar refractivity (Wildman–Crippen MR) is 165 cm³/mol. The maximum Gasteiger partial charge on any atom is 0.407 e. The van der Waals surface area contributed by atoms with Crippen LogP contribution in [0, 0.1) is 0 Å². The number of ketones is 1. The van der Waals surface area contributed by atoms with Crippen LogP contribution in [0.5, 0.6) is 5.75 Å². The zero-order valence-electron chi connectivity index (χ0n) is 24.0. The molecule has 0 spiro atoms. The molecule has 0 saturated heterocycles. The molecular weight excluding hydrogens is 584 g/mol. The fourth-order valence-electron chi connectivity index (χ4n) is 5.21. The number of alkyl carbamates (subject to hydrolysis) is 1. The summed E-state index contributed by atoms with van der Waals surface area (Å²) in [6.45, 7) is 0.0297. The first kappa shape index (κ1) is 30.3. The molecule has 224 valence electrons. The summed E-state index contributed by atoms with van der Waals surface area (Å²) in [6.07, 6.45) is -1.35. The van der Waals surface area contributed by atoms with Crippen molar-refractivity contribution >= 4 is 41.0 Å². The summed E-state index contributed by atoms with van der Waals surface area (Å²) >= 11 is 5.96. The van der Waals surface area contributed by atoms with Crippen molar-refractivity contribution in [2.45, 2.75) is 18.4 Å². The maximum absolute atomic E-state index is 13.3. The van der Waals surface area contributed by atoms with E-state index in [4.69, 9.17) is 25.8 Å². The quantitative estimate of drug-likeness (QED) is 0.167. The van der Waals surface area contributed by atoms with E-state index in [-0.39, 0.29) is 29.6 Å². The molecule has 0 aliphatic heterocycles. The normalized spacial score (nSPS) is 12.3. The minimum Gasteiger partial charge on any atom is -0.497 e. The smallest absolute Gasteiger partial charge is 0.407 e. The lowest BCUT2D eigenvalue weighted by molar-refractivity contribution is -0.144. The van der Waals surface area contributed by atoms with Crippen molar-refractivity contribution in [1.29, 1.82) is 0 Å². The van der Waals surface area contributed by atoms with Crippen LogP contribution in [0.1, 0.15) is 39.4 Å². The van der Waals surface area contributed by atoms with Gasteiger partial charge in [-0.3, -0.25) is 9.59 Å². The Balaban J connectivity index is 1.26. The number of hydrogen-bond donors (Lipinski definition) is 2. The molecule has 0 radical (unpaired) electrons. The minimum atomic E-state index is -1.34. The third kappa shape index (κ3) is 6.58. The van der Waals surface area contributed by atoms with E-state index in [0.717, 1.165) is 29.4 Å². The zero-order valence-corrected chi connectivity index (χ0v) is 24.7. The number of nitrogens with one attached hydrogen (secondary N) is 2. The summed E-state index contributed by atoms with van der Waals surface area (Å²) in [7, 11) is 2.61. The predicted octanol–water partition coefficient (Wildman–Crippen LogP) is 5.99. The average molecular weight is 613 g/mol. The lowest BCUT2D eigenvalue weighted by Gasteiger charge is -2.19. The van der Waals surface area contributed by atoms with Crippen molar-refractivity contribution in [3.8, 4) is 16.9 Å². The van der Waals surface area contributed by atoms with E-state index in [0.29, 0.717) is 16.3 Å². The van der Waals surface area contributed by atoms with Gasteiger partial charge in [-0.2, -0.15) is 0 Å². The Morgan fingerprint density at radius 3 is 2.09 bits per heavy atom. The molecule has 1 aliphatic rings. The van der Waals surface area contributed by atoms with Gasteiger partial charge in [-0.25, -0.2) is 9.59 Å². The van der Waals surface area contributed by atoms with Crippen LogP contribution in [-0.4, -0.2) is 50.6 Å². The number of methoxy groups -OCH3 is 2. The first-order valence-corrected chi connectivity index (χ1v) is 14.1. The molecule has 2 N–H and O–H groups in total. The fourth-order valence-corrected chi connectivity index (χ4v) is 5.33. The van der Waals surface area contributed by atoms with Crippen molar-refractivity contribution in [3.63, 3.8) is 0 Å². The number of halogens is 1. The second kappa shape index (κ2) is 13.4. The lowest BCUT2D eigenvalue weighted by Crippen LogP contribution is -2.44. The van der Waals surface area contributed by atoms with Crippen LogP contribution in [0.25, 0.3) is 11.1 Å². The highest BCUT2D eigenvalue weighted by atomic mass is 35.5. The van der Waals surface area contributed by atoms with E-state index in [1.54, 1.807) is 30.3 Å². The third-order valence-electron chi connectivity index (χ3n) is 7.36. The molecule has 2 amide bonds. The summed E-state index contributed by atoms with van der Waals surface area (Å²) in [4.78, 5) is 51.8. The van der Waals surface area contributed by atoms with Gasteiger partial charge in [0, 0.05) is 22.1 Å². The van der Waals surface area contributed by atoms with Gasteiger partial charge >= 0.3 is 12.1 Å². The van der Waals surface area contributed by atoms with E-state index < -0.39 is 30.4 Å². The number of fused-ring (bicyclic) bond motifs is 3. The third-order valence-corrected chi connectivity index (χ3v) is 7.61. The Hall–Kier alpha value is -5.15. The Morgan fingerprint density at radius 2 is 1.48 bits per heavy atom. The second-order valence-corrected chi connectivity index (χ2v) is 10.5. The van der Waals surface area contributed by atoms with Crippen LogP contribution in [-0.2, 0) is 19.1 Å². The molecule has 0 aromatic heterocycles. The van der Waals surface area contributed by atoms with Crippen LogP contribution < -0.4 is 15.4 Å². The van der Waals surface area contributed by atoms with Gasteiger partial charge in [0.25, 0.3) is 0 Å². The SMILES string of the molecule is COC(=O)[C@H](CC(=O)Nc1ccc(OC)cc1C(=O)c1ccc(Cl)cc1)NC(=O)OCC1c2ccccc2-c2ccccc21. The number of rotatable bonds is 10. The summed E-state index contributed by atoms with van der Waals surface area (Å²) in [5.74, 6) is -1.63. The molecule has 0 fully saturated rings. The Morgan fingerprint density at radius 1 is 0.841 bits per heavy atom. The highest BCUT2D eigenvalue weighted by Crippen LogP contribution is 2.44. The highest BCUT2D eigenvalue weighted by molar-refractivity contribution is 6.30. The van der Waals surface area contributed by atoms with Crippen LogP contribution >= 0.6 is 11.6 Å². The molecule has 9 nitrogen and oxygen atoms in total. The monoisotopic (exact) mass is 612 g/mol. The van der Waals surface area contributed by atoms with Gasteiger partial charge in [0.05, 0.1) is 26.3 Å². The summed E-state index contributed by atoms with van der Waals surface area (Å²) < 4.78 is 15.6. The zero-order chi connectivity index (χ0) is 31.2. The number of carbonyl (C=O) groups excluding carboxylic acids is 4. The Kier molecular flexibility index (Phi) is 9.26. The molecular formula is C34H29ClN2O7. The number of ether oxygens (including phenoxy) is 3. The van der Waals surface area contributed by atoms with Crippen LogP contribution in [0.4, 0.5) is 10.5 Å². The maximum atomic E-state index is 13.3. The molecule has 1 aliphatic carbocycles. The van der Waals surface area contributed by atoms with Gasteiger partial charge in [-0.1, -0.05) is 60.1 Å². The highest BCUT2D eigenvalue weighted by Gasteiger charge is 2.31. The van der Waals surface area contributed by atoms with E-state index >= 15 is 0 Å². The Bertz CT molecular complexity index is 1680. The molecule has 0 heterocycles. The number of benzene rings is 4. The van der Waals surface area contributed by atoms with Crippen LogP contribution in [0.3, 0.4) is 0 Å². The van der Waals surface area contributed by atoms with E-state index in [1.165, 1.54) is 19.2 Å². The molecule has 10 heteroatoms. The summed E-state index contributed by atoms with van der Waals surface area (Å²) in [5, 5.41) is 5.58. The van der Waals surface area contributed by atoms with Gasteiger partial charge in [-0.05, 0) is 64.7 Å². The number of hydrogen-bond acceptors (Lipinski definition) is 7. The van der Waals surface area contributed by atoms with Gasteiger partial charge in [0.2, 0.25) is 5.91 Å². The first-order valence-electron chi connectivity index (χ1n) is 13.8. The van der Waals surface area contributed by atoms with Gasteiger partial charge in [0.1, 0.15) is 18.4 Å². The number of carbonyl (C=O) groups is 4. The fraction of sp³-hybridized carbons (Fsp3) is 0.176. The standard InChI is InChI=1S/C34H29ClN2O7/c1-42-22-15-16-29(27(17-22)32(39)20-11-13-21(35)14-12-20)36-31(38)18-30(33(40)43-2)37-34(41)44-19-28-25-9-5-3-7-23(25)24-8-4-6-10-26(24)28/h3-17,28,30H,18-19H2,1-2H3,(H,36,38)(H,37,41)/t30-/m0/s1. The molecule has 4 aromatic rings. The molecule has 0 saturated carbocycles. The average Bonchev–Trinajstić information content (AvgIpc) is 3.36. The molecule has 0 bridgehead atoms. The molecule has 0 unspecified atom stereocenters. The van der Waals surface area contributed by atoms with E-state index in [9.17, 15) is 19.2 Å². The van der Waals surface area contributed by atoms with E-state index in [2.05, 4.69) is 10.6 Å².